The Bertz CT molecular complexity index is 5850. The third-order valence-electron chi connectivity index (χ3n) is 17.5. The van der Waals surface area contributed by atoms with Crippen molar-refractivity contribution in [2.45, 2.75) is 13.8 Å². The average molecular weight is 1130 g/mol. The lowest BCUT2D eigenvalue weighted by Crippen LogP contribution is -1.94. The molecule has 0 aliphatic rings. The van der Waals surface area contributed by atoms with Gasteiger partial charge in [-0.25, -0.2) is 9.97 Å². The van der Waals surface area contributed by atoms with Gasteiger partial charge in [0.15, 0.2) is 0 Å². The fourth-order valence-corrected chi connectivity index (χ4v) is 13.4. The highest BCUT2D eigenvalue weighted by Gasteiger charge is 2.21. The molecule has 0 amide bonds. The molecule has 0 radical (unpaired) electrons. The van der Waals surface area contributed by atoms with Crippen LogP contribution in [0.15, 0.2) is 288 Å². The van der Waals surface area contributed by atoms with Gasteiger partial charge in [0.05, 0.1) is 45.8 Å². The molecule has 14 aromatic carbocycles. The zero-order valence-corrected chi connectivity index (χ0v) is 48.2. The highest BCUT2D eigenvalue weighted by Crippen LogP contribution is 2.44. The smallest absolute Gasteiger partial charge is 0.143 e. The highest BCUT2D eigenvalue weighted by atomic mass is 16.3. The van der Waals surface area contributed by atoms with Gasteiger partial charge in [-0.05, 0) is 105 Å². The van der Waals surface area contributed by atoms with Crippen LogP contribution in [0.2, 0.25) is 0 Å². The predicted molar refractivity (Wildman–Crippen MR) is 366 cm³/mol. The molecule has 4 aromatic heterocycles. The average Bonchev–Trinajstić information content (AvgIpc) is 1.15. The van der Waals surface area contributed by atoms with E-state index in [0.717, 1.165) is 149 Å². The van der Waals surface area contributed by atoms with Gasteiger partial charge in [-0.3, -0.25) is 9.97 Å². The van der Waals surface area contributed by atoms with Crippen LogP contribution in [-0.2, 0) is 0 Å². The molecule has 88 heavy (non-hydrogen) atoms. The molecule has 18 aromatic rings. The molecule has 0 aliphatic carbocycles. The van der Waals surface area contributed by atoms with Gasteiger partial charge in [0.1, 0.15) is 22.3 Å². The van der Waals surface area contributed by atoms with E-state index >= 15 is 0 Å². The maximum atomic E-state index is 6.47. The number of rotatable bonds is 6. The lowest BCUT2D eigenvalue weighted by Gasteiger charge is -2.14. The van der Waals surface area contributed by atoms with Crippen LogP contribution in [0.25, 0.3) is 176 Å². The molecular weight excluding hydrogens is 1070 g/mol. The minimum absolute atomic E-state index is 0.821. The molecular formula is C82H52N4O2. The van der Waals surface area contributed by atoms with Crippen LogP contribution in [0.4, 0.5) is 0 Å². The van der Waals surface area contributed by atoms with Crippen molar-refractivity contribution < 1.29 is 8.83 Å². The molecule has 6 nitrogen and oxygen atoms in total. The maximum Gasteiger partial charge on any atom is 0.143 e. The topological polar surface area (TPSA) is 77.8 Å². The molecule has 0 aliphatic heterocycles. The first-order valence-corrected chi connectivity index (χ1v) is 29.8. The van der Waals surface area contributed by atoms with Gasteiger partial charge < -0.3 is 8.83 Å². The van der Waals surface area contributed by atoms with Crippen molar-refractivity contribution in [2.24, 2.45) is 0 Å². The van der Waals surface area contributed by atoms with Crippen molar-refractivity contribution in [1.29, 1.82) is 0 Å². The Labute approximate surface area is 506 Å². The number of hydrogen-bond donors (Lipinski definition) is 0. The molecule has 0 saturated carbocycles. The van der Waals surface area contributed by atoms with Gasteiger partial charge in [-0.2, -0.15) is 0 Å². The molecule has 0 saturated heterocycles. The Morgan fingerprint density at radius 1 is 0.239 bits per heavy atom. The summed E-state index contributed by atoms with van der Waals surface area (Å²) in [7, 11) is 0. The molecule has 0 bridgehead atoms. The van der Waals surface area contributed by atoms with E-state index in [9.17, 15) is 0 Å². The Kier molecular flexibility index (Phi) is 11.9. The van der Waals surface area contributed by atoms with Crippen LogP contribution < -0.4 is 0 Å². The van der Waals surface area contributed by atoms with Gasteiger partial charge in [0, 0.05) is 65.3 Å². The number of furan rings is 2. The Morgan fingerprint density at radius 3 is 1.06 bits per heavy atom. The van der Waals surface area contributed by atoms with Crippen molar-refractivity contribution >= 4 is 109 Å². The number of nitrogens with zero attached hydrogens (tertiary/aromatic N) is 4. The highest BCUT2D eigenvalue weighted by molar-refractivity contribution is 6.25. The zero-order valence-electron chi connectivity index (χ0n) is 48.2. The summed E-state index contributed by atoms with van der Waals surface area (Å²) in [5.74, 6) is 0. The number of hydrogen-bond acceptors (Lipinski definition) is 6. The second-order valence-corrected chi connectivity index (χ2v) is 22.9. The third kappa shape index (κ3) is 8.40. The number of fused-ring (bicyclic) bond motifs is 18. The fraction of sp³-hybridized carbons (Fsp3) is 0.0244. The van der Waals surface area contributed by atoms with Crippen molar-refractivity contribution in [3.8, 4) is 67.0 Å². The summed E-state index contributed by atoms with van der Waals surface area (Å²) in [6.07, 6.45) is 3.85. The standard InChI is InChI=1S/C46H28N2O.C36H24N2O/c1-3-12-29(13-4-1)31-22-24-34-35-25-23-32(30-14-5-2-6-15-30)27-41(35)45-44(40(34)26-31)47-28-42(48-45)36-17-8-7-16-33(36)38-19-11-20-39-37-18-9-10-21-43(37)49-46(38)39;1-21-14-16-24-25-17-15-22(2)19-31(25)35-34(30(24)18-21)37-20-32(38-35)26-9-4-3-8-23(26)28-11-7-12-29-27-10-5-6-13-33(27)39-36(28)29/h1-28H;3-20H,1-2H3. The lowest BCUT2D eigenvalue weighted by molar-refractivity contribution is 0.669. The predicted octanol–water partition coefficient (Wildman–Crippen LogP) is 22.3. The lowest BCUT2D eigenvalue weighted by atomic mass is 9.93. The van der Waals surface area contributed by atoms with Crippen molar-refractivity contribution in [2.75, 3.05) is 0 Å². The first-order chi connectivity index (χ1) is 43.5. The van der Waals surface area contributed by atoms with Crippen molar-refractivity contribution in [1.82, 2.24) is 19.9 Å². The van der Waals surface area contributed by atoms with Gasteiger partial charge in [0.2, 0.25) is 0 Å². The fourth-order valence-electron chi connectivity index (χ4n) is 13.4. The minimum Gasteiger partial charge on any atom is -0.455 e. The van der Waals surface area contributed by atoms with Crippen molar-refractivity contribution in [3.63, 3.8) is 0 Å². The van der Waals surface area contributed by atoms with Gasteiger partial charge in [-0.15, -0.1) is 0 Å². The molecule has 0 atom stereocenters. The van der Waals surface area contributed by atoms with E-state index in [1.54, 1.807) is 0 Å². The normalized spacial score (nSPS) is 11.8. The summed E-state index contributed by atoms with van der Waals surface area (Å²) in [5, 5.41) is 13.7. The summed E-state index contributed by atoms with van der Waals surface area (Å²) in [6, 6.07) is 93.8. The summed E-state index contributed by atoms with van der Waals surface area (Å²) in [5.41, 5.74) is 22.2. The van der Waals surface area contributed by atoms with E-state index in [-0.39, 0.29) is 0 Å². The first-order valence-electron chi connectivity index (χ1n) is 29.8. The minimum atomic E-state index is 0.821. The van der Waals surface area contributed by atoms with Crippen molar-refractivity contribution in [3.05, 3.63) is 290 Å². The van der Waals surface area contributed by atoms with Gasteiger partial charge >= 0.3 is 0 Å². The van der Waals surface area contributed by atoms with Gasteiger partial charge in [0.25, 0.3) is 0 Å². The number of para-hydroxylation sites is 4. The van der Waals surface area contributed by atoms with Crippen LogP contribution in [-0.4, -0.2) is 19.9 Å². The monoisotopic (exact) mass is 1120 g/mol. The second-order valence-electron chi connectivity index (χ2n) is 22.9. The van der Waals surface area contributed by atoms with E-state index in [1.165, 1.54) is 38.4 Å². The summed E-state index contributed by atoms with van der Waals surface area (Å²) in [6.45, 7) is 4.26. The van der Waals surface area contributed by atoms with Crippen LogP contribution in [0.1, 0.15) is 11.1 Å². The van der Waals surface area contributed by atoms with E-state index in [0.29, 0.717) is 0 Å². The molecule has 0 N–H and O–H groups in total. The van der Waals surface area contributed by atoms with Crippen LogP contribution in [0, 0.1) is 13.8 Å². The van der Waals surface area contributed by atoms with E-state index < -0.39 is 0 Å². The van der Waals surface area contributed by atoms with Crippen LogP contribution in [0.3, 0.4) is 0 Å². The third-order valence-corrected chi connectivity index (χ3v) is 17.5. The van der Waals surface area contributed by atoms with E-state index in [4.69, 9.17) is 28.8 Å². The second kappa shape index (κ2) is 20.6. The number of benzene rings is 14. The zero-order chi connectivity index (χ0) is 58.4. The molecule has 18 rings (SSSR count). The van der Waals surface area contributed by atoms with Crippen LogP contribution in [0.5, 0.6) is 0 Å². The van der Waals surface area contributed by atoms with E-state index in [2.05, 4.69) is 257 Å². The molecule has 4 heterocycles. The van der Waals surface area contributed by atoms with Gasteiger partial charge in [-0.1, -0.05) is 242 Å². The first kappa shape index (κ1) is 50.9. The number of aryl methyl sites for hydroxylation is 2. The quantitative estimate of drug-likeness (QED) is 0.154. The SMILES string of the molecule is Cc1ccc2c3ccc(C)cc3c3nc(-c4ccccc4-c4cccc5c4oc4ccccc45)cnc3c2c1.c1ccc(-c2ccc3c4ccc(-c5ccccc5)cc4c4nc(-c5ccccc5-c5cccc6c5oc5ccccc56)cnc4c3c2)cc1. The Balaban J connectivity index is 0.000000140. The molecule has 0 fully saturated rings. The Hall–Kier alpha value is -11.6. The molecule has 6 heteroatoms. The Morgan fingerprint density at radius 2 is 0.591 bits per heavy atom. The van der Waals surface area contributed by atoms with Crippen LogP contribution >= 0.6 is 0 Å². The largest absolute Gasteiger partial charge is 0.455 e. The number of aromatic nitrogens is 4. The maximum absolute atomic E-state index is 6.47. The van der Waals surface area contributed by atoms with E-state index in [1.807, 2.05) is 36.7 Å². The summed E-state index contributed by atoms with van der Waals surface area (Å²) >= 11 is 0. The molecule has 0 unspecified atom stereocenters. The molecule has 0 spiro atoms. The summed E-state index contributed by atoms with van der Waals surface area (Å²) in [4.78, 5) is 21.1. The summed E-state index contributed by atoms with van der Waals surface area (Å²) < 4.78 is 12.9. The molecule has 412 valence electrons.